The van der Waals surface area contributed by atoms with Crippen molar-refractivity contribution < 1.29 is 9.90 Å². The highest BCUT2D eigenvalue weighted by Gasteiger charge is 2.12. The molecule has 1 aromatic carbocycles. The Kier molecular flexibility index (Phi) is 2.75. The third kappa shape index (κ3) is 1.75. The lowest BCUT2D eigenvalue weighted by Crippen LogP contribution is -2.00. The number of pyridine rings is 2. The first-order valence-corrected chi connectivity index (χ1v) is 6.32. The minimum atomic E-state index is -0.959. The van der Waals surface area contributed by atoms with E-state index in [0.29, 0.717) is 16.9 Å². The minimum absolute atomic E-state index is 0.233. The predicted octanol–water partition coefficient (Wildman–Crippen LogP) is 2.63. The van der Waals surface area contributed by atoms with Crippen LogP contribution in [0.15, 0.2) is 30.5 Å². The van der Waals surface area contributed by atoms with Gasteiger partial charge in [0.25, 0.3) is 0 Å². The van der Waals surface area contributed by atoms with Crippen molar-refractivity contribution in [3.05, 3.63) is 41.6 Å². The summed E-state index contributed by atoms with van der Waals surface area (Å²) in [5.74, 6) is -0.593. The monoisotopic (exact) mass is 267 g/mol. The van der Waals surface area contributed by atoms with Crippen LogP contribution < -0.4 is 5.73 Å². The summed E-state index contributed by atoms with van der Waals surface area (Å²) in [5.41, 5.74) is 8.57. The van der Waals surface area contributed by atoms with Crippen LogP contribution in [0.3, 0.4) is 0 Å². The maximum absolute atomic E-state index is 11.1. The van der Waals surface area contributed by atoms with Crippen LogP contribution in [0.5, 0.6) is 0 Å². The van der Waals surface area contributed by atoms with Crippen molar-refractivity contribution in [3.63, 3.8) is 0 Å². The second kappa shape index (κ2) is 4.45. The number of carboxylic acid groups (broad SMARTS) is 1. The summed E-state index contributed by atoms with van der Waals surface area (Å²) in [5, 5.41) is 10.8. The van der Waals surface area contributed by atoms with Crippen molar-refractivity contribution in [2.45, 2.75) is 13.3 Å². The van der Waals surface area contributed by atoms with E-state index in [9.17, 15) is 4.79 Å². The van der Waals surface area contributed by atoms with Crippen LogP contribution in [0.4, 0.5) is 5.82 Å². The van der Waals surface area contributed by atoms with Gasteiger partial charge in [-0.25, -0.2) is 9.78 Å². The van der Waals surface area contributed by atoms with Gasteiger partial charge in [-0.05, 0) is 36.2 Å². The summed E-state index contributed by atoms with van der Waals surface area (Å²) in [4.78, 5) is 19.7. The molecule has 3 N–H and O–H groups in total. The van der Waals surface area contributed by atoms with Gasteiger partial charge in [0, 0.05) is 17.0 Å². The molecule has 0 amide bonds. The third-order valence-corrected chi connectivity index (χ3v) is 3.41. The second-order valence-electron chi connectivity index (χ2n) is 4.58. The summed E-state index contributed by atoms with van der Waals surface area (Å²) in [6.07, 6.45) is 2.51. The molecule has 2 aromatic heterocycles. The molecule has 0 bridgehead atoms. The maximum Gasteiger partial charge on any atom is 0.335 e. The average molecular weight is 267 g/mol. The van der Waals surface area contributed by atoms with Crippen LogP contribution in [0, 0.1) is 0 Å². The topological polar surface area (TPSA) is 89.1 Å². The molecule has 0 saturated heterocycles. The van der Waals surface area contributed by atoms with Crippen molar-refractivity contribution in [2.75, 3.05) is 5.73 Å². The van der Waals surface area contributed by atoms with Gasteiger partial charge in [-0.15, -0.1) is 0 Å². The van der Waals surface area contributed by atoms with Gasteiger partial charge in [-0.3, -0.25) is 4.98 Å². The number of anilines is 1. The van der Waals surface area contributed by atoms with E-state index >= 15 is 0 Å². The van der Waals surface area contributed by atoms with E-state index in [1.807, 2.05) is 13.0 Å². The summed E-state index contributed by atoms with van der Waals surface area (Å²) < 4.78 is 0. The van der Waals surface area contributed by atoms with Crippen LogP contribution in [0.2, 0.25) is 0 Å². The molecule has 3 rings (SSSR count). The maximum atomic E-state index is 11.1. The molecule has 20 heavy (non-hydrogen) atoms. The van der Waals surface area contributed by atoms with E-state index in [4.69, 9.17) is 10.8 Å². The number of carboxylic acids is 1. The fourth-order valence-corrected chi connectivity index (χ4v) is 2.44. The van der Waals surface area contributed by atoms with Crippen LogP contribution in [0.1, 0.15) is 22.8 Å². The molecule has 0 radical (unpaired) electrons. The lowest BCUT2D eigenvalue weighted by molar-refractivity contribution is 0.0697. The molecule has 3 aromatic rings. The molecule has 0 atom stereocenters. The molecule has 0 spiro atoms. The highest BCUT2D eigenvalue weighted by atomic mass is 16.4. The third-order valence-electron chi connectivity index (χ3n) is 3.41. The normalized spacial score (nSPS) is 11.1. The number of rotatable bonds is 2. The number of nitrogens with two attached hydrogens (primary N) is 1. The number of hydrogen-bond donors (Lipinski definition) is 2. The number of carbonyl (C=O) groups is 1. The number of aromatic carboxylic acids is 1. The molecular formula is C15H13N3O2. The van der Waals surface area contributed by atoms with Gasteiger partial charge in [0.15, 0.2) is 5.82 Å². The number of aryl methyl sites for hydroxylation is 1. The van der Waals surface area contributed by atoms with Gasteiger partial charge in [0.1, 0.15) is 5.52 Å². The Balaban J connectivity index is 2.53. The van der Waals surface area contributed by atoms with E-state index in [0.717, 1.165) is 22.8 Å². The molecule has 0 saturated carbocycles. The van der Waals surface area contributed by atoms with Crippen LogP contribution in [0.25, 0.3) is 21.8 Å². The van der Waals surface area contributed by atoms with Crippen molar-refractivity contribution in [2.24, 2.45) is 0 Å². The average Bonchev–Trinajstić information content (AvgIpc) is 2.46. The zero-order valence-corrected chi connectivity index (χ0v) is 10.9. The first kappa shape index (κ1) is 12.3. The zero-order chi connectivity index (χ0) is 14.3. The van der Waals surface area contributed by atoms with Gasteiger partial charge in [-0.1, -0.05) is 6.92 Å². The molecule has 0 aliphatic heterocycles. The Hall–Kier alpha value is -2.69. The fourth-order valence-electron chi connectivity index (χ4n) is 2.44. The summed E-state index contributed by atoms with van der Waals surface area (Å²) >= 11 is 0. The summed E-state index contributed by atoms with van der Waals surface area (Å²) in [6, 6.07) is 6.77. The number of fused-ring (bicyclic) bond motifs is 3. The Morgan fingerprint density at radius 1 is 1.35 bits per heavy atom. The van der Waals surface area contributed by atoms with Crippen molar-refractivity contribution in [3.8, 4) is 0 Å². The lowest BCUT2D eigenvalue weighted by atomic mass is 10.0. The smallest absolute Gasteiger partial charge is 0.335 e. The van der Waals surface area contributed by atoms with Crippen LogP contribution >= 0.6 is 0 Å². The van der Waals surface area contributed by atoms with E-state index in [1.165, 1.54) is 6.07 Å². The number of benzene rings is 1. The zero-order valence-electron chi connectivity index (χ0n) is 10.9. The molecule has 0 aliphatic rings. The first-order chi connectivity index (χ1) is 9.61. The molecule has 0 aliphatic carbocycles. The Labute approximate surface area is 115 Å². The minimum Gasteiger partial charge on any atom is -0.478 e. The van der Waals surface area contributed by atoms with Gasteiger partial charge >= 0.3 is 5.97 Å². The Morgan fingerprint density at radius 2 is 2.15 bits per heavy atom. The van der Waals surface area contributed by atoms with Gasteiger partial charge in [-0.2, -0.15) is 0 Å². The van der Waals surface area contributed by atoms with Gasteiger partial charge in [0.2, 0.25) is 0 Å². The highest BCUT2D eigenvalue weighted by molar-refractivity contribution is 6.11. The quantitative estimate of drug-likeness (QED) is 0.697. The highest BCUT2D eigenvalue weighted by Crippen LogP contribution is 2.30. The van der Waals surface area contributed by atoms with Gasteiger partial charge < -0.3 is 10.8 Å². The summed E-state index contributed by atoms with van der Waals surface area (Å²) in [7, 11) is 0. The number of nitrogen functional groups attached to an aromatic ring is 1. The van der Waals surface area contributed by atoms with E-state index in [2.05, 4.69) is 9.97 Å². The standard InChI is InChI=1S/C15H13N3O2/c1-2-8-5-6-17-13-12(8)10-7-9(15(19)20)3-4-11(10)18-14(13)16/h3-7H,2H2,1H3,(H2,16,18)(H,19,20). The largest absolute Gasteiger partial charge is 0.478 e. The molecular weight excluding hydrogens is 254 g/mol. The molecule has 100 valence electrons. The second-order valence-corrected chi connectivity index (χ2v) is 4.58. The number of nitrogens with zero attached hydrogens (tertiary/aromatic N) is 2. The van der Waals surface area contributed by atoms with Crippen molar-refractivity contribution >= 4 is 33.6 Å². The molecule has 2 heterocycles. The molecule has 5 nitrogen and oxygen atoms in total. The van der Waals surface area contributed by atoms with Crippen LogP contribution in [-0.2, 0) is 6.42 Å². The number of hydrogen-bond acceptors (Lipinski definition) is 4. The Bertz CT molecular complexity index is 843. The predicted molar refractivity (Wildman–Crippen MR) is 77.8 cm³/mol. The lowest BCUT2D eigenvalue weighted by Gasteiger charge is -2.10. The van der Waals surface area contributed by atoms with Gasteiger partial charge in [0.05, 0.1) is 11.1 Å². The van der Waals surface area contributed by atoms with Crippen LogP contribution in [-0.4, -0.2) is 21.0 Å². The van der Waals surface area contributed by atoms with E-state index in [-0.39, 0.29) is 5.56 Å². The van der Waals surface area contributed by atoms with Crippen molar-refractivity contribution in [1.82, 2.24) is 9.97 Å². The SMILES string of the molecule is CCc1ccnc2c(N)nc3ccc(C(=O)O)cc3c12. The van der Waals surface area contributed by atoms with Crippen molar-refractivity contribution in [1.29, 1.82) is 0 Å². The molecule has 0 fully saturated rings. The summed E-state index contributed by atoms with van der Waals surface area (Å²) in [6.45, 7) is 2.04. The molecule has 0 unspecified atom stereocenters. The first-order valence-electron chi connectivity index (χ1n) is 6.32. The fraction of sp³-hybridized carbons (Fsp3) is 0.133. The van der Waals surface area contributed by atoms with E-state index in [1.54, 1.807) is 18.3 Å². The molecule has 5 heteroatoms. The Morgan fingerprint density at radius 3 is 2.85 bits per heavy atom. The number of aromatic nitrogens is 2. The van der Waals surface area contributed by atoms with E-state index < -0.39 is 5.97 Å².